The molecule has 1 saturated carbocycles. The van der Waals surface area contributed by atoms with E-state index in [1.807, 2.05) is 4.90 Å². The highest BCUT2D eigenvalue weighted by molar-refractivity contribution is 5.86. The monoisotopic (exact) mass is 249 g/mol. The van der Waals surface area contributed by atoms with Crippen LogP contribution >= 0.6 is 0 Å². The average molecular weight is 249 g/mol. The third-order valence-electron chi connectivity index (χ3n) is 4.22. The fourth-order valence-corrected chi connectivity index (χ4v) is 3.24. The fraction of sp³-hybridized carbons (Fsp3) is 0.857. The molecule has 0 spiro atoms. The van der Waals surface area contributed by atoms with Gasteiger partial charge < -0.3 is 4.90 Å². The van der Waals surface area contributed by atoms with E-state index in [2.05, 4.69) is 24.8 Å². The lowest BCUT2D eigenvalue weighted by Crippen LogP contribution is -2.55. The number of piperazine rings is 1. The van der Waals surface area contributed by atoms with E-state index in [1.165, 1.54) is 0 Å². The molecule has 1 heterocycles. The quantitative estimate of drug-likeness (QED) is 0.761. The Hall–Kier alpha value is -1.08. The van der Waals surface area contributed by atoms with Crippen molar-refractivity contribution in [3.8, 4) is 6.07 Å². The van der Waals surface area contributed by atoms with E-state index >= 15 is 0 Å². The van der Waals surface area contributed by atoms with Crippen LogP contribution in [0.4, 0.5) is 0 Å². The lowest BCUT2D eigenvalue weighted by Gasteiger charge is -2.44. The number of nitrogens with zero attached hydrogens (tertiary/aromatic N) is 3. The highest BCUT2D eigenvalue weighted by Crippen LogP contribution is 2.46. The minimum Gasteiger partial charge on any atom is -0.339 e. The normalized spacial score (nSPS) is 32.7. The summed E-state index contributed by atoms with van der Waals surface area (Å²) >= 11 is 0. The van der Waals surface area contributed by atoms with Gasteiger partial charge in [-0.05, 0) is 31.7 Å². The summed E-state index contributed by atoms with van der Waals surface area (Å²) in [6.07, 6.45) is 2.66. The van der Waals surface area contributed by atoms with Crippen molar-refractivity contribution in [2.24, 2.45) is 11.3 Å². The van der Waals surface area contributed by atoms with Gasteiger partial charge in [-0.1, -0.05) is 13.8 Å². The Morgan fingerprint density at radius 1 is 1.33 bits per heavy atom. The predicted molar refractivity (Wildman–Crippen MR) is 69.8 cm³/mol. The summed E-state index contributed by atoms with van der Waals surface area (Å²) in [7, 11) is 0. The van der Waals surface area contributed by atoms with Gasteiger partial charge in [0.15, 0.2) is 0 Å². The molecule has 2 fully saturated rings. The third kappa shape index (κ3) is 2.37. The lowest BCUT2D eigenvalue weighted by atomic mass is 9.62. The van der Waals surface area contributed by atoms with Crippen LogP contribution in [0.5, 0.6) is 0 Å². The van der Waals surface area contributed by atoms with Gasteiger partial charge in [0.2, 0.25) is 5.91 Å². The van der Waals surface area contributed by atoms with E-state index in [-0.39, 0.29) is 5.91 Å². The van der Waals surface area contributed by atoms with Crippen molar-refractivity contribution in [2.45, 2.75) is 33.1 Å². The minimum absolute atomic E-state index is 0.0826. The number of amides is 1. The molecule has 0 aromatic carbocycles. The summed E-state index contributed by atoms with van der Waals surface area (Å²) in [5, 5.41) is 9.28. The molecule has 1 aliphatic heterocycles. The van der Waals surface area contributed by atoms with Crippen LogP contribution in [-0.4, -0.2) is 48.4 Å². The predicted octanol–water partition coefficient (Wildman–Crippen LogP) is 1.48. The van der Waals surface area contributed by atoms with Crippen molar-refractivity contribution in [3.05, 3.63) is 0 Å². The zero-order valence-corrected chi connectivity index (χ0v) is 11.5. The standard InChI is InChI=1S/C14H23N3O/c1-3-4-16-5-7-17(8-6-16)13(18)14(11-15)9-12(2)10-14/h12H,3-10H2,1-2H3. The number of hydrogen-bond acceptors (Lipinski definition) is 3. The molecule has 1 aliphatic carbocycles. The van der Waals surface area contributed by atoms with E-state index in [4.69, 9.17) is 0 Å². The van der Waals surface area contributed by atoms with E-state index in [0.29, 0.717) is 5.92 Å². The Balaban J connectivity index is 1.90. The maximum atomic E-state index is 12.4. The second-order valence-corrected chi connectivity index (χ2v) is 5.84. The van der Waals surface area contributed by atoms with Gasteiger partial charge in [-0.2, -0.15) is 5.26 Å². The summed E-state index contributed by atoms with van der Waals surface area (Å²) in [4.78, 5) is 16.7. The van der Waals surface area contributed by atoms with Crippen LogP contribution in [0, 0.1) is 22.7 Å². The molecule has 4 nitrogen and oxygen atoms in total. The van der Waals surface area contributed by atoms with Crippen LogP contribution in [0.15, 0.2) is 0 Å². The summed E-state index contributed by atoms with van der Waals surface area (Å²) in [5.74, 6) is 0.606. The van der Waals surface area contributed by atoms with E-state index in [1.54, 1.807) is 0 Å². The van der Waals surface area contributed by atoms with Crippen LogP contribution in [0.25, 0.3) is 0 Å². The summed E-state index contributed by atoms with van der Waals surface area (Å²) in [5.41, 5.74) is -0.688. The van der Waals surface area contributed by atoms with Crippen LogP contribution in [0.1, 0.15) is 33.1 Å². The summed E-state index contributed by atoms with van der Waals surface area (Å²) in [6, 6.07) is 2.27. The number of rotatable bonds is 3. The smallest absolute Gasteiger partial charge is 0.243 e. The second-order valence-electron chi connectivity index (χ2n) is 5.84. The molecule has 2 aliphatic rings. The average Bonchev–Trinajstić information content (AvgIpc) is 2.35. The van der Waals surface area contributed by atoms with Crippen LogP contribution < -0.4 is 0 Å². The highest BCUT2D eigenvalue weighted by Gasteiger charge is 2.50. The van der Waals surface area contributed by atoms with Gasteiger partial charge in [-0.3, -0.25) is 9.69 Å². The Labute approximate surface area is 110 Å². The lowest BCUT2D eigenvalue weighted by molar-refractivity contribution is -0.147. The number of carbonyl (C=O) groups excluding carboxylic acids is 1. The Morgan fingerprint density at radius 2 is 1.94 bits per heavy atom. The molecule has 0 aromatic heterocycles. The van der Waals surface area contributed by atoms with Gasteiger partial charge in [0.25, 0.3) is 0 Å². The van der Waals surface area contributed by atoms with E-state index in [0.717, 1.165) is 52.0 Å². The van der Waals surface area contributed by atoms with Crippen molar-refractivity contribution in [1.29, 1.82) is 5.26 Å². The van der Waals surface area contributed by atoms with E-state index < -0.39 is 5.41 Å². The molecule has 0 atom stereocenters. The van der Waals surface area contributed by atoms with Crippen LogP contribution in [0.3, 0.4) is 0 Å². The van der Waals surface area contributed by atoms with Crippen molar-refractivity contribution in [3.63, 3.8) is 0 Å². The molecule has 1 saturated heterocycles. The third-order valence-corrected chi connectivity index (χ3v) is 4.22. The van der Waals surface area contributed by atoms with Gasteiger partial charge in [0.1, 0.15) is 5.41 Å². The Bertz CT molecular complexity index is 347. The Kier molecular flexibility index (Phi) is 3.91. The van der Waals surface area contributed by atoms with Gasteiger partial charge in [0, 0.05) is 26.2 Å². The number of carbonyl (C=O) groups is 1. The molecule has 18 heavy (non-hydrogen) atoms. The van der Waals surface area contributed by atoms with Gasteiger partial charge in [-0.15, -0.1) is 0 Å². The van der Waals surface area contributed by atoms with Crippen LogP contribution in [-0.2, 0) is 4.79 Å². The Morgan fingerprint density at radius 3 is 2.39 bits per heavy atom. The molecular formula is C14H23N3O. The van der Waals surface area contributed by atoms with Crippen LogP contribution in [0.2, 0.25) is 0 Å². The van der Waals surface area contributed by atoms with E-state index in [9.17, 15) is 10.1 Å². The van der Waals surface area contributed by atoms with Gasteiger partial charge >= 0.3 is 0 Å². The molecule has 0 N–H and O–H groups in total. The first-order valence-electron chi connectivity index (χ1n) is 7.04. The zero-order chi connectivity index (χ0) is 13.2. The maximum absolute atomic E-state index is 12.4. The summed E-state index contributed by atoms with van der Waals surface area (Å²) in [6.45, 7) is 8.89. The fourth-order valence-electron chi connectivity index (χ4n) is 3.24. The molecule has 1 amide bonds. The first-order valence-corrected chi connectivity index (χ1v) is 7.04. The molecule has 0 radical (unpaired) electrons. The van der Waals surface area contributed by atoms with Gasteiger partial charge in [0.05, 0.1) is 6.07 Å². The SMILES string of the molecule is CCCN1CCN(C(=O)C2(C#N)CC(C)C2)CC1. The minimum atomic E-state index is -0.688. The van der Waals surface area contributed by atoms with Crippen molar-refractivity contribution < 1.29 is 4.79 Å². The van der Waals surface area contributed by atoms with Crippen molar-refractivity contribution in [1.82, 2.24) is 9.80 Å². The highest BCUT2D eigenvalue weighted by atomic mass is 16.2. The second kappa shape index (κ2) is 5.27. The molecule has 100 valence electrons. The topological polar surface area (TPSA) is 47.3 Å². The molecule has 0 aromatic rings. The number of nitriles is 1. The first kappa shape index (κ1) is 13.4. The summed E-state index contributed by atoms with van der Waals surface area (Å²) < 4.78 is 0. The molecule has 2 rings (SSSR count). The molecule has 0 unspecified atom stereocenters. The maximum Gasteiger partial charge on any atom is 0.243 e. The van der Waals surface area contributed by atoms with Gasteiger partial charge in [-0.25, -0.2) is 0 Å². The number of hydrogen-bond donors (Lipinski definition) is 0. The molecule has 0 bridgehead atoms. The molecule has 4 heteroatoms. The van der Waals surface area contributed by atoms with Crippen molar-refractivity contribution in [2.75, 3.05) is 32.7 Å². The zero-order valence-electron chi connectivity index (χ0n) is 11.5. The largest absolute Gasteiger partial charge is 0.339 e. The van der Waals surface area contributed by atoms with Crippen molar-refractivity contribution >= 4 is 5.91 Å². The first-order chi connectivity index (χ1) is 8.61. The molecular weight excluding hydrogens is 226 g/mol.